The van der Waals surface area contributed by atoms with E-state index in [0.29, 0.717) is 38.0 Å². The molecular weight excluding hydrogens is 613 g/mol. The lowest BCUT2D eigenvalue weighted by molar-refractivity contribution is -0.135. The van der Waals surface area contributed by atoms with Crippen molar-refractivity contribution < 1.29 is 14.1 Å². The second kappa shape index (κ2) is 12.2. The van der Waals surface area contributed by atoms with Crippen molar-refractivity contribution in [2.75, 3.05) is 26.3 Å². The normalized spacial score (nSPS) is 16.0. The monoisotopic (exact) mass is 648 g/mol. The molecule has 47 heavy (non-hydrogen) atoms. The van der Waals surface area contributed by atoms with Crippen LogP contribution < -0.4 is 5.76 Å². The number of H-pyrrole nitrogens is 1. The quantitative estimate of drug-likeness (QED) is 0.210. The highest BCUT2D eigenvalue weighted by atomic mass is 32.1. The summed E-state index contributed by atoms with van der Waals surface area (Å²) in [5, 5.41) is 7.15. The fraction of sp³-hybridized carbons (Fsp3) is 0.361. The van der Waals surface area contributed by atoms with Gasteiger partial charge in [-0.3, -0.25) is 14.3 Å². The van der Waals surface area contributed by atoms with Crippen LogP contribution in [0.2, 0.25) is 0 Å². The van der Waals surface area contributed by atoms with Gasteiger partial charge in [-0.15, -0.1) is 11.3 Å². The summed E-state index contributed by atoms with van der Waals surface area (Å²) in [7, 11) is 0. The molecule has 1 N–H and O–H groups in total. The molecule has 0 bridgehead atoms. The highest BCUT2D eigenvalue weighted by Gasteiger charge is 2.29. The summed E-state index contributed by atoms with van der Waals surface area (Å²) in [6, 6.07) is 16.8. The van der Waals surface area contributed by atoms with E-state index < -0.39 is 5.76 Å². The van der Waals surface area contributed by atoms with Crippen LogP contribution in [0.5, 0.6) is 0 Å². The number of fused-ring (bicyclic) bond motifs is 2. The number of aryl methyl sites for hydroxylation is 2. The molecule has 0 atom stereocenters. The maximum Gasteiger partial charge on any atom is 0.439 e. The number of hydrogen-bond donors (Lipinski definition) is 1. The zero-order valence-electron chi connectivity index (χ0n) is 26.5. The van der Waals surface area contributed by atoms with Gasteiger partial charge in [-0.1, -0.05) is 48.7 Å². The second-order valence-electron chi connectivity index (χ2n) is 12.6. The van der Waals surface area contributed by atoms with E-state index in [4.69, 9.17) is 14.2 Å². The first-order valence-electron chi connectivity index (χ1n) is 16.4. The molecular formula is C36H36N6O4S. The van der Waals surface area contributed by atoms with Crippen LogP contribution in [0.4, 0.5) is 0 Å². The van der Waals surface area contributed by atoms with Crippen LogP contribution in [0.1, 0.15) is 54.3 Å². The van der Waals surface area contributed by atoms with Gasteiger partial charge in [0.1, 0.15) is 6.54 Å². The predicted molar refractivity (Wildman–Crippen MR) is 183 cm³/mol. The molecule has 4 aromatic heterocycles. The summed E-state index contributed by atoms with van der Waals surface area (Å²) in [5.41, 5.74) is 7.92. The number of thiazole rings is 1. The molecule has 8 rings (SSSR count). The van der Waals surface area contributed by atoms with Crippen LogP contribution in [0, 0.1) is 13.8 Å². The molecule has 1 saturated carbocycles. The Morgan fingerprint density at radius 1 is 0.979 bits per heavy atom. The molecule has 240 valence electrons. The van der Waals surface area contributed by atoms with Crippen molar-refractivity contribution in [1.82, 2.24) is 29.6 Å². The molecule has 1 aliphatic carbocycles. The maximum absolute atomic E-state index is 13.9. The van der Waals surface area contributed by atoms with E-state index in [1.54, 1.807) is 11.3 Å². The summed E-state index contributed by atoms with van der Waals surface area (Å²) in [6.45, 7) is 6.49. The number of nitrogens with one attached hydrogen (secondary N) is 1. The Kier molecular flexibility index (Phi) is 7.73. The van der Waals surface area contributed by atoms with Crippen molar-refractivity contribution in [1.29, 1.82) is 0 Å². The van der Waals surface area contributed by atoms with E-state index in [0.717, 1.165) is 72.7 Å². The molecule has 10 nitrogen and oxygen atoms in total. The van der Waals surface area contributed by atoms with Gasteiger partial charge in [-0.2, -0.15) is 0 Å². The fourth-order valence-electron chi connectivity index (χ4n) is 7.37. The number of aromatic amines is 1. The molecule has 0 unspecified atom stereocenters. The number of aromatic nitrogens is 5. The summed E-state index contributed by atoms with van der Waals surface area (Å²) < 4.78 is 12.6. The fourth-order valence-corrected chi connectivity index (χ4v) is 8.26. The van der Waals surface area contributed by atoms with Crippen molar-refractivity contribution in [2.24, 2.45) is 0 Å². The van der Waals surface area contributed by atoms with Gasteiger partial charge in [0.15, 0.2) is 5.82 Å². The third-order valence-electron chi connectivity index (χ3n) is 9.59. The van der Waals surface area contributed by atoms with Gasteiger partial charge >= 0.3 is 5.76 Å². The third-order valence-corrected chi connectivity index (χ3v) is 10.7. The van der Waals surface area contributed by atoms with E-state index >= 15 is 0 Å². The molecule has 0 spiro atoms. The molecule has 6 aromatic rings. The van der Waals surface area contributed by atoms with Gasteiger partial charge in [-0.25, -0.2) is 14.8 Å². The van der Waals surface area contributed by atoms with Gasteiger partial charge in [-0.05, 0) is 68.0 Å². The van der Waals surface area contributed by atoms with Crippen molar-refractivity contribution >= 4 is 39.0 Å². The van der Waals surface area contributed by atoms with Crippen molar-refractivity contribution in [3.05, 3.63) is 75.3 Å². The number of hydrogen-bond acceptors (Lipinski definition) is 8. The van der Waals surface area contributed by atoms with Crippen molar-refractivity contribution in [3.8, 4) is 33.2 Å². The standard InChI is InChI=1S/C36H36N6O4S/c1-21-34(47-22(2)37-21)29-13-9-24-18-25(10-12-28(24)38-29)33-32(23-6-4-3-5-7-23)27-11-8-26(35-39-36(44)46-40-35)19-30(27)42(33)20-31(43)41-14-16-45-17-15-41/h8-13,18-19,23H,3-7,14-17,20H2,1-2H3,(H,39,40,44). The van der Waals surface area contributed by atoms with Gasteiger partial charge in [0.25, 0.3) is 0 Å². The number of carbonyl (C=O) groups excluding carboxylic acids is 1. The first-order chi connectivity index (χ1) is 22.9. The largest absolute Gasteiger partial charge is 0.439 e. The maximum atomic E-state index is 13.9. The van der Waals surface area contributed by atoms with Gasteiger partial charge < -0.3 is 14.2 Å². The molecule has 2 aromatic carbocycles. The van der Waals surface area contributed by atoms with E-state index in [2.05, 4.69) is 56.1 Å². The van der Waals surface area contributed by atoms with E-state index in [-0.39, 0.29) is 12.5 Å². The molecule has 0 radical (unpaired) electrons. The molecule has 2 fully saturated rings. The minimum atomic E-state index is -0.602. The number of amides is 1. The van der Waals surface area contributed by atoms with Gasteiger partial charge in [0, 0.05) is 29.4 Å². The zero-order chi connectivity index (χ0) is 32.1. The molecule has 1 aliphatic heterocycles. The average Bonchev–Trinajstić information content (AvgIpc) is 3.79. The smallest absolute Gasteiger partial charge is 0.378 e. The van der Waals surface area contributed by atoms with Crippen LogP contribution in [-0.4, -0.2) is 61.8 Å². The summed E-state index contributed by atoms with van der Waals surface area (Å²) in [5.74, 6) is 0.190. The SMILES string of the molecule is Cc1nc(C)c(-c2ccc3cc(-c4c(C5CCCCC5)c5ccc(-c6noc(=O)[nH]6)cc5n4CC(=O)N4CCOCC4)ccc3n2)s1. The number of nitrogens with zero attached hydrogens (tertiary/aromatic N) is 5. The van der Waals surface area contributed by atoms with E-state index in [1.807, 2.05) is 30.9 Å². The molecule has 5 heterocycles. The minimum absolute atomic E-state index is 0.0595. The minimum Gasteiger partial charge on any atom is -0.378 e. The molecule has 1 saturated heterocycles. The van der Waals surface area contributed by atoms with Crippen LogP contribution in [-0.2, 0) is 16.1 Å². The van der Waals surface area contributed by atoms with Crippen LogP contribution in [0.25, 0.3) is 55.0 Å². The van der Waals surface area contributed by atoms with Crippen LogP contribution >= 0.6 is 11.3 Å². The Morgan fingerprint density at radius 2 is 1.79 bits per heavy atom. The Balaban J connectivity index is 1.32. The lowest BCUT2D eigenvalue weighted by Gasteiger charge is -2.28. The molecule has 1 amide bonds. The number of benzene rings is 2. The summed E-state index contributed by atoms with van der Waals surface area (Å²) >= 11 is 1.67. The first kappa shape index (κ1) is 29.8. The number of morpholine rings is 1. The lowest BCUT2D eigenvalue weighted by Crippen LogP contribution is -2.42. The van der Waals surface area contributed by atoms with Gasteiger partial charge in [0.05, 0.1) is 51.2 Å². The van der Waals surface area contributed by atoms with Crippen molar-refractivity contribution in [3.63, 3.8) is 0 Å². The number of rotatable bonds is 6. The Morgan fingerprint density at radius 3 is 2.53 bits per heavy atom. The molecule has 11 heteroatoms. The Bertz CT molecular complexity index is 2180. The van der Waals surface area contributed by atoms with E-state index in [1.165, 1.54) is 24.8 Å². The Labute approximate surface area is 275 Å². The second-order valence-corrected chi connectivity index (χ2v) is 13.8. The third kappa shape index (κ3) is 5.57. The zero-order valence-corrected chi connectivity index (χ0v) is 27.4. The number of pyridine rings is 1. The number of carbonyl (C=O) groups is 1. The van der Waals surface area contributed by atoms with Crippen LogP contribution in [0.3, 0.4) is 0 Å². The lowest BCUT2D eigenvalue weighted by atomic mass is 9.81. The first-order valence-corrected chi connectivity index (χ1v) is 17.2. The summed E-state index contributed by atoms with van der Waals surface area (Å²) in [4.78, 5) is 41.1. The van der Waals surface area contributed by atoms with Gasteiger partial charge in [0.2, 0.25) is 5.91 Å². The van der Waals surface area contributed by atoms with Crippen molar-refractivity contribution in [2.45, 2.75) is 58.4 Å². The average molecular weight is 649 g/mol. The van der Waals surface area contributed by atoms with Crippen LogP contribution in [0.15, 0.2) is 57.8 Å². The number of ether oxygens (including phenoxy) is 1. The Hall–Kier alpha value is -4.61. The topological polar surface area (TPSA) is 119 Å². The summed E-state index contributed by atoms with van der Waals surface area (Å²) in [6.07, 6.45) is 5.82. The predicted octanol–water partition coefficient (Wildman–Crippen LogP) is 6.85. The highest BCUT2D eigenvalue weighted by molar-refractivity contribution is 7.15. The highest BCUT2D eigenvalue weighted by Crippen LogP contribution is 2.45. The van der Waals surface area contributed by atoms with E-state index in [9.17, 15) is 9.59 Å². The molecule has 2 aliphatic rings.